The maximum absolute atomic E-state index is 14.8. The third-order valence-electron chi connectivity index (χ3n) is 7.05. The number of pyridine rings is 1. The van der Waals surface area contributed by atoms with E-state index in [4.69, 9.17) is 11.6 Å². The number of amides is 2. The number of benzene rings is 2. The molecule has 0 spiro atoms. The Morgan fingerprint density at radius 3 is 2.50 bits per heavy atom. The van der Waals surface area contributed by atoms with Crippen LogP contribution in [-0.4, -0.2) is 67.3 Å². The van der Waals surface area contributed by atoms with Gasteiger partial charge >= 0.3 is 6.03 Å². The molecule has 9 heteroatoms. The summed E-state index contributed by atoms with van der Waals surface area (Å²) in [7, 11) is 3.70. The molecule has 2 aliphatic heterocycles. The van der Waals surface area contributed by atoms with Gasteiger partial charge in [0.2, 0.25) is 0 Å². The van der Waals surface area contributed by atoms with Gasteiger partial charge in [-0.2, -0.15) is 0 Å². The number of nitrogens with one attached hydrogen (secondary N) is 1. The minimum absolute atomic E-state index is 0.0407. The molecule has 0 aliphatic carbocycles. The average molecular weight is 510 g/mol. The van der Waals surface area contributed by atoms with Crippen molar-refractivity contribution >= 4 is 29.1 Å². The molecule has 36 heavy (non-hydrogen) atoms. The fourth-order valence-electron chi connectivity index (χ4n) is 4.98. The van der Waals surface area contributed by atoms with Gasteiger partial charge in [-0.1, -0.05) is 17.7 Å². The SMILES string of the molecule is CN[C@H]1CCCN(c2cc(-c3cc(F)cc(-c4ccc(N5CCN(C)C5=O)c(Cl)c4)c3O)ccn2)C1. The molecule has 0 saturated carbocycles. The molecule has 0 radical (unpaired) electrons. The average Bonchev–Trinajstić information content (AvgIpc) is 3.23. The van der Waals surface area contributed by atoms with E-state index in [1.54, 1.807) is 47.3 Å². The number of aromatic hydroxyl groups is 1. The molecule has 2 saturated heterocycles. The van der Waals surface area contributed by atoms with E-state index in [0.717, 1.165) is 31.7 Å². The fourth-order valence-corrected chi connectivity index (χ4v) is 5.27. The number of urea groups is 1. The van der Waals surface area contributed by atoms with Gasteiger partial charge in [0.1, 0.15) is 17.4 Å². The lowest BCUT2D eigenvalue weighted by molar-refractivity contribution is 0.229. The van der Waals surface area contributed by atoms with E-state index in [-0.39, 0.29) is 11.8 Å². The molecule has 0 unspecified atom stereocenters. The monoisotopic (exact) mass is 509 g/mol. The van der Waals surface area contributed by atoms with Crippen molar-refractivity contribution in [3.63, 3.8) is 0 Å². The largest absolute Gasteiger partial charge is 0.507 e. The number of nitrogens with zero attached hydrogens (tertiary/aromatic N) is 4. The van der Waals surface area contributed by atoms with Crippen molar-refractivity contribution in [2.45, 2.75) is 18.9 Å². The highest BCUT2D eigenvalue weighted by molar-refractivity contribution is 6.34. The zero-order chi connectivity index (χ0) is 25.4. The Balaban J connectivity index is 1.49. The summed E-state index contributed by atoms with van der Waals surface area (Å²) in [6.07, 6.45) is 3.86. The van der Waals surface area contributed by atoms with Crippen LogP contribution < -0.4 is 15.1 Å². The summed E-state index contributed by atoms with van der Waals surface area (Å²) >= 11 is 6.55. The molecular weight excluding hydrogens is 481 g/mol. The quantitative estimate of drug-likeness (QED) is 0.508. The van der Waals surface area contributed by atoms with Crippen LogP contribution >= 0.6 is 11.6 Å². The molecule has 1 atom stereocenters. The minimum atomic E-state index is -0.471. The third kappa shape index (κ3) is 4.58. The van der Waals surface area contributed by atoms with E-state index in [9.17, 15) is 14.3 Å². The molecular formula is C27H29ClFN5O2. The number of carbonyl (C=O) groups excluding carboxylic acids is 1. The highest BCUT2D eigenvalue weighted by atomic mass is 35.5. The molecule has 3 aromatic rings. The van der Waals surface area contributed by atoms with Gasteiger partial charge in [-0.05, 0) is 67.4 Å². The first-order valence-electron chi connectivity index (χ1n) is 12.1. The second-order valence-corrected chi connectivity index (χ2v) is 9.76. The van der Waals surface area contributed by atoms with Crippen molar-refractivity contribution in [1.82, 2.24) is 15.2 Å². The van der Waals surface area contributed by atoms with Crippen molar-refractivity contribution in [1.29, 1.82) is 0 Å². The first-order valence-corrected chi connectivity index (χ1v) is 12.5. The Kier molecular flexibility index (Phi) is 6.73. The predicted molar refractivity (Wildman–Crippen MR) is 141 cm³/mol. The van der Waals surface area contributed by atoms with Crippen LogP contribution in [0.2, 0.25) is 5.02 Å². The highest BCUT2D eigenvalue weighted by Crippen LogP contribution is 2.42. The van der Waals surface area contributed by atoms with Crippen molar-refractivity contribution in [3.05, 3.63) is 59.5 Å². The van der Waals surface area contributed by atoms with Gasteiger partial charge in [0.25, 0.3) is 0 Å². The Morgan fingerprint density at radius 1 is 1.08 bits per heavy atom. The van der Waals surface area contributed by atoms with Gasteiger partial charge < -0.3 is 20.2 Å². The number of rotatable bonds is 5. The molecule has 2 amide bonds. The zero-order valence-electron chi connectivity index (χ0n) is 20.3. The van der Waals surface area contributed by atoms with Gasteiger partial charge in [0, 0.05) is 56.6 Å². The van der Waals surface area contributed by atoms with Gasteiger partial charge in [-0.3, -0.25) is 4.90 Å². The summed E-state index contributed by atoms with van der Waals surface area (Å²) in [5, 5.41) is 14.9. The number of likely N-dealkylation sites (N-methyl/N-ethyl adjacent to an activating group) is 2. The summed E-state index contributed by atoms with van der Waals surface area (Å²) < 4.78 is 14.8. The van der Waals surface area contributed by atoms with Crippen LogP contribution in [0.5, 0.6) is 5.75 Å². The molecule has 2 fully saturated rings. The lowest BCUT2D eigenvalue weighted by Gasteiger charge is -2.33. The summed E-state index contributed by atoms with van der Waals surface area (Å²) in [5.41, 5.74) is 2.54. The first-order chi connectivity index (χ1) is 17.4. The number of hydrogen-bond acceptors (Lipinski definition) is 5. The van der Waals surface area contributed by atoms with E-state index in [1.807, 2.05) is 13.1 Å². The van der Waals surface area contributed by atoms with Crippen LogP contribution in [-0.2, 0) is 0 Å². The van der Waals surface area contributed by atoms with Crippen LogP contribution in [0, 0.1) is 5.82 Å². The molecule has 1 aromatic heterocycles. The van der Waals surface area contributed by atoms with Crippen molar-refractivity contribution in [2.24, 2.45) is 0 Å². The Morgan fingerprint density at radius 2 is 1.83 bits per heavy atom. The predicted octanol–water partition coefficient (Wildman–Crippen LogP) is 4.97. The number of hydrogen-bond donors (Lipinski definition) is 2. The molecule has 188 valence electrons. The molecule has 0 bridgehead atoms. The van der Waals surface area contributed by atoms with E-state index in [0.29, 0.717) is 52.1 Å². The standard InChI is InChI=1S/C27H29ClFN5O2/c1-30-20-4-3-9-33(16-20)25-13-18(7-8-31-25)22-15-19(29)14-21(26(22)35)17-5-6-24(23(28)12-17)34-11-10-32(2)27(34)36/h5-8,12-15,20,30,35H,3-4,9-11,16H2,1-2H3/t20-/m0/s1. The summed E-state index contributed by atoms with van der Waals surface area (Å²) in [6, 6.07) is 11.7. The first kappa shape index (κ1) is 24.3. The molecule has 2 N–H and O–H groups in total. The lowest BCUT2D eigenvalue weighted by atomic mass is 9.97. The van der Waals surface area contributed by atoms with Gasteiger partial charge in [-0.25, -0.2) is 14.2 Å². The molecule has 2 aromatic carbocycles. The number of aromatic nitrogens is 1. The van der Waals surface area contributed by atoms with Crippen molar-refractivity contribution in [2.75, 3.05) is 50.1 Å². The second-order valence-electron chi connectivity index (χ2n) is 9.35. The molecule has 3 heterocycles. The Hall–Kier alpha value is -3.36. The maximum Gasteiger partial charge on any atom is 0.324 e. The normalized spacial score (nSPS) is 18.3. The molecule has 7 nitrogen and oxygen atoms in total. The molecule has 5 rings (SSSR count). The van der Waals surface area contributed by atoms with Crippen LogP contribution in [0.4, 0.5) is 20.7 Å². The smallest absolute Gasteiger partial charge is 0.324 e. The maximum atomic E-state index is 14.8. The van der Waals surface area contributed by atoms with Crippen LogP contribution in [0.3, 0.4) is 0 Å². The van der Waals surface area contributed by atoms with Gasteiger partial charge in [0.05, 0.1) is 10.7 Å². The van der Waals surface area contributed by atoms with Crippen LogP contribution in [0.1, 0.15) is 12.8 Å². The summed E-state index contributed by atoms with van der Waals surface area (Å²) in [6.45, 7) is 2.90. The topological polar surface area (TPSA) is 71.9 Å². The Bertz CT molecular complexity index is 1300. The Labute approximate surface area is 215 Å². The summed E-state index contributed by atoms with van der Waals surface area (Å²) in [5.74, 6) is 0.285. The van der Waals surface area contributed by atoms with Crippen molar-refractivity contribution in [3.8, 4) is 28.0 Å². The summed E-state index contributed by atoms with van der Waals surface area (Å²) in [4.78, 5) is 22.4. The number of anilines is 2. The number of halogens is 2. The third-order valence-corrected chi connectivity index (χ3v) is 7.35. The molecule has 2 aliphatic rings. The highest BCUT2D eigenvalue weighted by Gasteiger charge is 2.28. The van der Waals surface area contributed by atoms with Gasteiger partial charge in [0.15, 0.2) is 0 Å². The number of phenols is 1. The number of phenolic OH excluding ortho intramolecular Hbond substituents is 1. The minimum Gasteiger partial charge on any atom is -0.507 e. The van der Waals surface area contributed by atoms with Gasteiger partial charge in [-0.15, -0.1) is 0 Å². The van der Waals surface area contributed by atoms with Crippen LogP contribution in [0.25, 0.3) is 22.3 Å². The number of piperidine rings is 1. The van der Waals surface area contributed by atoms with Crippen molar-refractivity contribution < 1.29 is 14.3 Å². The second kappa shape index (κ2) is 9.95. The van der Waals surface area contributed by atoms with E-state index < -0.39 is 5.82 Å². The van der Waals surface area contributed by atoms with E-state index >= 15 is 0 Å². The van der Waals surface area contributed by atoms with E-state index in [1.165, 1.54) is 12.1 Å². The number of carbonyl (C=O) groups is 1. The van der Waals surface area contributed by atoms with E-state index in [2.05, 4.69) is 15.2 Å². The van der Waals surface area contributed by atoms with Crippen LogP contribution in [0.15, 0.2) is 48.7 Å². The fraction of sp³-hybridized carbons (Fsp3) is 0.333. The zero-order valence-corrected chi connectivity index (χ0v) is 21.1. The lowest BCUT2D eigenvalue weighted by Crippen LogP contribution is -2.44.